The number of hydrogen-bond acceptors (Lipinski definition) is 4. The van der Waals surface area contributed by atoms with Crippen LogP contribution in [0, 0.1) is 0 Å². The second-order valence-corrected chi connectivity index (χ2v) is 6.23. The van der Waals surface area contributed by atoms with Crippen molar-refractivity contribution in [2.24, 2.45) is 0 Å². The number of methoxy groups -OCH3 is 1. The van der Waals surface area contributed by atoms with Crippen LogP contribution in [0.15, 0.2) is 84.9 Å². The van der Waals surface area contributed by atoms with Crippen LogP contribution >= 0.6 is 0 Å². The zero-order chi connectivity index (χ0) is 20.5. The van der Waals surface area contributed by atoms with E-state index in [2.05, 4.69) is 10.1 Å². The van der Waals surface area contributed by atoms with Gasteiger partial charge in [-0.2, -0.15) is 0 Å². The zero-order valence-electron chi connectivity index (χ0n) is 16.0. The Labute approximate surface area is 169 Å². The van der Waals surface area contributed by atoms with Gasteiger partial charge in [-0.15, -0.1) is 0 Å². The van der Waals surface area contributed by atoms with Gasteiger partial charge in [-0.05, 0) is 53.6 Å². The third-order valence-electron chi connectivity index (χ3n) is 4.13. The quantitative estimate of drug-likeness (QED) is 0.471. The third kappa shape index (κ3) is 6.07. The molecule has 0 bridgehead atoms. The lowest BCUT2D eigenvalue weighted by atomic mass is 10.2. The molecule has 0 aliphatic carbocycles. The summed E-state index contributed by atoms with van der Waals surface area (Å²) in [5.41, 5.74) is 3.01. The lowest BCUT2D eigenvalue weighted by Gasteiger charge is -2.06. The Bertz CT molecular complexity index is 978. The Morgan fingerprint density at radius 1 is 0.897 bits per heavy atom. The molecule has 0 heterocycles. The topological polar surface area (TPSA) is 64.6 Å². The minimum atomic E-state index is -0.418. The highest BCUT2D eigenvalue weighted by Gasteiger charge is 2.05. The van der Waals surface area contributed by atoms with Crippen LogP contribution in [0.3, 0.4) is 0 Å². The molecule has 146 valence electrons. The predicted molar refractivity (Wildman–Crippen MR) is 113 cm³/mol. The number of hydrogen-bond donors (Lipinski definition) is 1. The van der Waals surface area contributed by atoms with Gasteiger partial charge >= 0.3 is 5.97 Å². The first-order valence-electron chi connectivity index (χ1n) is 9.08. The summed E-state index contributed by atoms with van der Waals surface area (Å²) >= 11 is 0. The molecule has 0 aliphatic heterocycles. The van der Waals surface area contributed by atoms with Crippen LogP contribution < -0.4 is 10.1 Å². The molecule has 0 unspecified atom stereocenters. The molecular formula is C24H21NO4. The summed E-state index contributed by atoms with van der Waals surface area (Å²) in [6.07, 6.45) is 3.17. The number of benzene rings is 3. The Kier molecular flexibility index (Phi) is 6.79. The van der Waals surface area contributed by atoms with Gasteiger partial charge in [0, 0.05) is 11.8 Å². The first-order chi connectivity index (χ1) is 14.1. The molecule has 5 nitrogen and oxygen atoms in total. The fourth-order valence-electron chi connectivity index (χ4n) is 2.58. The second kappa shape index (κ2) is 9.90. The smallest absolute Gasteiger partial charge is 0.337 e. The molecule has 0 aromatic heterocycles. The minimum Gasteiger partial charge on any atom is -0.489 e. The standard InChI is InChI=1S/C24H21NO4/c1-28-24(27)20-10-12-21(13-11-20)25-23(26)16-9-18-7-14-22(15-8-18)29-17-19-5-3-2-4-6-19/h2-16H,17H2,1H3,(H,25,26). The van der Waals surface area contributed by atoms with Crippen molar-refractivity contribution in [3.8, 4) is 5.75 Å². The van der Waals surface area contributed by atoms with Gasteiger partial charge in [0.05, 0.1) is 12.7 Å². The van der Waals surface area contributed by atoms with E-state index >= 15 is 0 Å². The molecule has 0 radical (unpaired) electrons. The molecule has 1 N–H and O–H groups in total. The number of amides is 1. The number of esters is 1. The van der Waals surface area contributed by atoms with E-state index in [0.717, 1.165) is 16.9 Å². The van der Waals surface area contributed by atoms with Gasteiger partial charge in [-0.3, -0.25) is 4.79 Å². The molecule has 5 heteroatoms. The van der Waals surface area contributed by atoms with Gasteiger partial charge in [-0.1, -0.05) is 42.5 Å². The molecule has 0 saturated heterocycles. The monoisotopic (exact) mass is 387 g/mol. The summed E-state index contributed by atoms with van der Waals surface area (Å²) in [5, 5.41) is 2.74. The number of carbonyl (C=O) groups is 2. The highest BCUT2D eigenvalue weighted by molar-refractivity contribution is 6.02. The van der Waals surface area contributed by atoms with Crippen LogP contribution in [0.5, 0.6) is 5.75 Å². The van der Waals surface area contributed by atoms with Gasteiger partial charge in [0.1, 0.15) is 12.4 Å². The fraction of sp³-hybridized carbons (Fsp3) is 0.0833. The molecule has 0 atom stereocenters. The Balaban J connectivity index is 1.51. The van der Waals surface area contributed by atoms with E-state index in [0.29, 0.717) is 17.9 Å². The second-order valence-electron chi connectivity index (χ2n) is 6.23. The maximum absolute atomic E-state index is 12.1. The number of carbonyl (C=O) groups excluding carboxylic acids is 2. The van der Waals surface area contributed by atoms with Crippen LogP contribution in [0.25, 0.3) is 6.08 Å². The van der Waals surface area contributed by atoms with Crippen molar-refractivity contribution >= 4 is 23.6 Å². The SMILES string of the molecule is COC(=O)c1ccc(NC(=O)C=Cc2ccc(OCc3ccccc3)cc2)cc1. The van der Waals surface area contributed by atoms with Crippen LogP contribution in [-0.4, -0.2) is 19.0 Å². The number of rotatable bonds is 7. The van der Waals surface area contributed by atoms with Crippen molar-refractivity contribution in [2.75, 3.05) is 12.4 Å². The molecular weight excluding hydrogens is 366 g/mol. The van der Waals surface area contributed by atoms with Crippen LogP contribution in [0.4, 0.5) is 5.69 Å². The Hall–Kier alpha value is -3.86. The summed E-state index contributed by atoms with van der Waals surface area (Å²) in [6.45, 7) is 0.507. The van der Waals surface area contributed by atoms with Crippen LogP contribution in [0.1, 0.15) is 21.5 Å². The molecule has 29 heavy (non-hydrogen) atoms. The van der Waals surface area contributed by atoms with Crippen molar-refractivity contribution in [2.45, 2.75) is 6.61 Å². The minimum absolute atomic E-state index is 0.264. The van der Waals surface area contributed by atoms with Gasteiger partial charge < -0.3 is 14.8 Å². The Morgan fingerprint density at radius 2 is 1.59 bits per heavy atom. The summed E-state index contributed by atoms with van der Waals surface area (Å²) < 4.78 is 10.4. The number of ether oxygens (including phenoxy) is 2. The lowest BCUT2D eigenvalue weighted by molar-refractivity contribution is -0.111. The molecule has 3 aromatic carbocycles. The van der Waals surface area contributed by atoms with Gasteiger partial charge in [0.2, 0.25) is 5.91 Å². The summed E-state index contributed by atoms with van der Waals surface area (Å²) in [5.74, 6) is 0.0836. The van der Waals surface area contributed by atoms with Gasteiger partial charge in [0.15, 0.2) is 0 Å². The Morgan fingerprint density at radius 3 is 2.24 bits per heavy atom. The van der Waals surface area contributed by atoms with Crippen molar-refractivity contribution < 1.29 is 19.1 Å². The molecule has 0 aliphatic rings. The van der Waals surface area contributed by atoms with Crippen molar-refractivity contribution in [3.05, 3.63) is 102 Å². The number of nitrogens with one attached hydrogen (secondary N) is 1. The van der Waals surface area contributed by atoms with E-state index in [9.17, 15) is 9.59 Å². The van der Waals surface area contributed by atoms with E-state index in [1.165, 1.54) is 13.2 Å². The molecule has 0 saturated carbocycles. The summed E-state index contributed by atoms with van der Waals surface area (Å²) in [6, 6.07) is 23.9. The molecule has 0 fully saturated rings. The number of anilines is 1. The third-order valence-corrected chi connectivity index (χ3v) is 4.13. The normalized spacial score (nSPS) is 10.5. The van der Waals surface area contributed by atoms with Crippen molar-refractivity contribution in [3.63, 3.8) is 0 Å². The molecule has 1 amide bonds. The molecule has 3 rings (SSSR count). The van der Waals surface area contributed by atoms with E-state index in [-0.39, 0.29) is 5.91 Å². The van der Waals surface area contributed by atoms with E-state index in [4.69, 9.17) is 4.74 Å². The molecule has 0 spiro atoms. The van der Waals surface area contributed by atoms with Crippen molar-refractivity contribution in [1.29, 1.82) is 0 Å². The van der Waals surface area contributed by atoms with E-state index in [1.807, 2.05) is 54.6 Å². The van der Waals surface area contributed by atoms with E-state index in [1.54, 1.807) is 30.3 Å². The fourth-order valence-corrected chi connectivity index (χ4v) is 2.58. The highest BCUT2D eigenvalue weighted by Crippen LogP contribution is 2.15. The zero-order valence-corrected chi connectivity index (χ0v) is 16.0. The predicted octanol–water partition coefficient (Wildman–Crippen LogP) is 4.70. The maximum Gasteiger partial charge on any atom is 0.337 e. The van der Waals surface area contributed by atoms with Crippen LogP contribution in [0.2, 0.25) is 0 Å². The van der Waals surface area contributed by atoms with Gasteiger partial charge in [0.25, 0.3) is 0 Å². The lowest BCUT2D eigenvalue weighted by Crippen LogP contribution is -2.08. The largest absolute Gasteiger partial charge is 0.489 e. The van der Waals surface area contributed by atoms with Crippen LogP contribution in [-0.2, 0) is 16.1 Å². The first kappa shape index (κ1) is 19.9. The summed E-state index contributed by atoms with van der Waals surface area (Å²) in [4.78, 5) is 23.5. The average Bonchev–Trinajstić information content (AvgIpc) is 2.77. The van der Waals surface area contributed by atoms with Gasteiger partial charge in [-0.25, -0.2) is 4.79 Å². The first-order valence-corrected chi connectivity index (χ1v) is 9.08. The molecule has 3 aromatic rings. The summed E-state index contributed by atoms with van der Waals surface area (Å²) in [7, 11) is 1.32. The maximum atomic E-state index is 12.1. The van der Waals surface area contributed by atoms with E-state index < -0.39 is 5.97 Å². The highest BCUT2D eigenvalue weighted by atomic mass is 16.5. The van der Waals surface area contributed by atoms with Crippen molar-refractivity contribution in [1.82, 2.24) is 0 Å². The average molecular weight is 387 g/mol.